The highest BCUT2D eigenvalue weighted by atomic mass is 32.2. The van der Waals surface area contributed by atoms with Gasteiger partial charge in [-0.2, -0.15) is 4.37 Å². The largest absolute Gasteiger partial charge is 0.355 e. The molecule has 8 heteroatoms. The van der Waals surface area contributed by atoms with Crippen LogP contribution in [0.1, 0.15) is 6.92 Å². The Bertz CT molecular complexity index is 631. The number of benzene rings is 1. The number of nitrogens with zero attached hydrogens (tertiary/aromatic N) is 2. The van der Waals surface area contributed by atoms with Crippen molar-refractivity contribution >= 4 is 35.1 Å². The molecule has 1 aromatic heterocycles. The van der Waals surface area contributed by atoms with Crippen molar-refractivity contribution in [3.05, 3.63) is 30.3 Å². The number of hydrogen-bond donors (Lipinski definition) is 2. The maximum Gasteiger partial charge on any atom is 0.230 e. The highest BCUT2D eigenvalue weighted by molar-refractivity contribution is 8.01. The number of thioether (sulfide) groups is 1. The molecule has 0 saturated heterocycles. The van der Waals surface area contributed by atoms with E-state index in [9.17, 15) is 9.59 Å². The second-order valence-electron chi connectivity index (χ2n) is 4.37. The van der Waals surface area contributed by atoms with Gasteiger partial charge in [0.15, 0.2) is 10.2 Å². The van der Waals surface area contributed by atoms with Gasteiger partial charge in [-0.05, 0) is 11.5 Å². The molecule has 0 aliphatic rings. The average Bonchev–Trinajstić information content (AvgIpc) is 2.99. The highest BCUT2D eigenvalue weighted by Crippen LogP contribution is 2.24. The second-order valence-corrected chi connectivity index (χ2v) is 6.35. The third-order valence-corrected chi connectivity index (χ3v) is 4.42. The minimum absolute atomic E-state index is 0.0909. The molecule has 0 aliphatic carbocycles. The van der Waals surface area contributed by atoms with Crippen LogP contribution < -0.4 is 10.6 Å². The van der Waals surface area contributed by atoms with Crippen LogP contribution in [0.5, 0.6) is 0 Å². The number of amides is 2. The van der Waals surface area contributed by atoms with Crippen LogP contribution in [-0.2, 0) is 9.59 Å². The van der Waals surface area contributed by atoms with Crippen molar-refractivity contribution in [2.75, 3.05) is 18.8 Å². The van der Waals surface area contributed by atoms with Crippen molar-refractivity contribution in [1.29, 1.82) is 0 Å². The van der Waals surface area contributed by atoms with Gasteiger partial charge in [0.1, 0.15) is 0 Å². The molecular weight excluding hydrogens is 320 g/mol. The van der Waals surface area contributed by atoms with Crippen molar-refractivity contribution in [2.45, 2.75) is 11.3 Å². The third-order valence-electron chi connectivity index (χ3n) is 2.59. The lowest BCUT2D eigenvalue weighted by atomic mass is 10.2. The molecule has 2 N–H and O–H groups in total. The monoisotopic (exact) mass is 336 g/mol. The molecule has 116 valence electrons. The molecule has 0 spiro atoms. The lowest BCUT2D eigenvalue weighted by molar-refractivity contribution is -0.120. The van der Waals surface area contributed by atoms with Crippen LogP contribution in [-0.4, -0.2) is 40.0 Å². The summed E-state index contributed by atoms with van der Waals surface area (Å²) in [5, 5.41) is 5.34. The van der Waals surface area contributed by atoms with Gasteiger partial charge in [0.2, 0.25) is 11.8 Å². The summed E-state index contributed by atoms with van der Waals surface area (Å²) in [6.45, 7) is 2.30. The fourth-order valence-electron chi connectivity index (χ4n) is 1.59. The Balaban J connectivity index is 1.74. The first-order chi connectivity index (χ1) is 10.6. The van der Waals surface area contributed by atoms with Gasteiger partial charge in [-0.25, -0.2) is 4.98 Å². The maximum absolute atomic E-state index is 11.6. The molecule has 0 atom stereocenters. The van der Waals surface area contributed by atoms with Crippen LogP contribution in [0.2, 0.25) is 0 Å². The molecule has 2 aromatic rings. The molecule has 0 saturated carbocycles. The summed E-state index contributed by atoms with van der Waals surface area (Å²) in [7, 11) is 0. The molecule has 1 aromatic carbocycles. The van der Waals surface area contributed by atoms with E-state index in [4.69, 9.17) is 0 Å². The van der Waals surface area contributed by atoms with E-state index in [-0.39, 0.29) is 17.6 Å². The van der Waals surface area contributed by atoms with E-state index < -0.39 is 0 Å². The van der Waals surface area contributed by atoms with E-state index in [2.05, 4.69) is 20.0 Å². The molecule has 0 fully saturated rings. The summed E-state index contributed by atoms with van der Waals surface area (Å²) >= 11 is 2.64. The van der Waals surface area contributed by atoms with Crippen LogP contribution in [0.25, 0.3) is 11.4 Å². The van der Waals surface area contributed by atoms with Crippen molar-refractivity contribution in [3.8, 4) is 11.4 Å². The van der Waals surface area contributed by atoms with Crippen molar-refractivity contribution in [2.24, 2.45) is 0 Å². The maximum atomic E-state index is 11.6. The smallest absolute Gasteiger partial charge is 0.230 e. The fraction of sp³-hybridized carbons (Fsp3) is 0.286. The lowest BCUT2D eigenvalue weighted by Gasteiger charge is -2.04. The number of rotatable bonds is 7. The average molecular weight is 336 g/mol. The Morgan fingerprint density at radius 1 is 1.18 bits per heavy atom. The van der Waals surface area contributed by atoms with Crippen molar-refractivity contribution in [3.63, 3.8) is 0 Å². The minimum atomic E-state index is -0.106. The van der Waals surface area contributed by atoms with E-state index in [0.717, 1.165) is 9.90 Å². The topological polar surface area (TPSA) is 84.0 Å². The van der Waals surface area contributed by atoms with Crippen LogP contribution >= 0.6 is 23.3 Å². The Morgan fingerprint density at radius 3 is 2.64 bits per heavy atom. The summed E-state index contributed by atoms with van der Waals surface area (Å²) in [6.07, 6.45) is 0. The van der Waals surface area contributed by atoms with E-state index in [1.807, 2.05) is 30.3 Å². The molecule has 0 aliphatic heterocycles. The van der Waals surface area contributed by atoms with E-state index in [1.165, 1.54) is 30.2 Å². The number of carbonyl (C=O) groups excluding carboxylic acids is 2. The Labute approximate surface area is 136 Å². The van der Waals surface area contributed by atoms with Gasteiger partial charge in [0.25, 0.3) is 0 Å². The molecule has 2 amide bonds. The first-order valence-electron chi connectivity index (χ1n) is 6.68. The van der Waals surface area contributed by atoms with E-state index in [1.54, 1.807) is 0 Å². The summed E-state index contributed by atoms with van der Waals surface area (Å²) in [5.41, 5.74) is 0.963. The Morgan fingerprint density at radius 2 is 1.91 bits per heavy atom. The van der Waals surface area contributed by atoms with Crippen molar-refractivity contribution < 1.29 is 9.59 Å². The molecule has 0 radical (unpaired) electrons. The van der Waals surface area contributed by atoms with Gasteiger partial charge in [-0.15, -0.1) is 0 Å². The molecule has 0 bridgehead atoms. The summed E-state index contributed by atoms with van der Waals surface area (Å²) in [5.74, 6) is 0.764. The SMILES string of the molecule is CC(=O)NCCNC(=O)CSc1nc(-c2ccccc2)ns1. The van der Waals surface area contributed by atoms with Gasteiger partial charge in [0.05, 0.1) is 5.75 Å². The Kier molecular flexibility index (Phi) is 6.35. The molecule has 0 unspecified atom stereocenters. The van der Waals surface area contributed by atoms with Crippen LogP contribution in [0.15, 0.2) is 34.7 Å². The highest BCUT2D eigenvalue weighted by Gasteiger charge is 2.09. The van der Waals surface area contributed by atoms with Gasteiger partial charge in [-0.1, -0.05) is 42.1 Å². The molecule has 2 rings (SSSR count). The molecule has 22 heavy (non-hydrogen) atoms. The van der Waals surface area contributed by atoms with Crippen molar-refractivity contribution in [1.82, 2.24) is 20.0 Å². The predicted molar refractivity (Wildman–Crippen MR) is 87.8 cm³/mol. The fourth-order valence-corrected chi connectivity index (χ4v) is 3.04. The third kappa shape index (κ3) is 5.45. The first-order valence-corrected chi connectivity index (χ1v) is 8.44. The summed E-state index contributed by atoms with van der Waals surface area (Å²) < 4.78 is 5.05. The zero-order chi connectivity index (χ0) is 15.8. The minimum Gasteiger partial charge on any atom is -0.355 e. The second kappa shape index (κ2) is 8.50. The van der Waals surface area contributed by atoms with E-state index in [0.29, 0.717) is 18.9 Å². The van der Waals surface area contributed by atoms with Gasteiger partial charge in [0, 0.05) is 25.6 Å². The number of carbonyl (C=O) groups is 2. The molecule has 6 nitrogen and oxygen atoms in total. The standard InChI is InChI=1S/C14H16N4O2S2/c1-10(19)15-7-8-16-12(20)9-21-14-17-13(18-22-14)11-5-3-2-4-6-11/h2-6H,7-9H2,1H3,(H,15,19)(H,16,20). The van der Waals surface area contributed by atoms with Crippen LogP contribution in [0.4, 0.5) is 0 Å². The van der Waals surface area contributed by atoms with Crippen LogP contribution in [0, 0.1) is 0 Å². The molecule has 1 heterocycles. The number of aromatic nitrogens is 2. The van der Waals surface area contributed by atoms with E-state index >= 15 is 0 Å². The quantitative estimate of drug-likeness (QED) is 0.592. The molecular formula is C14H16N4O2S2. The van der Waals surface area contributed by atoms with Crippen LogP contribution in [0.3, 0.4) is 0 Å². The number of hydrogen-bond acceptors (Lipinski definition) is 6. The normalized spacial score (nSPS) is 10.2. The number of nitrogens with one attached hydrogen (secondary N) is 2. The summed E-state index contributed by atoms with van der Waals surface area (Å²) in [6, 6.07) is 9.71. The Hall–Kier alpha value is -1.93. The predicted octanol–water partition coefficient (Wildman–Crippen LogP) is 1.55. The zero-order valence-electron chi connectivity index (χ0n) is 12.0. The summed E-state index contributed by atoms with van der Waals surface area (Å²) in [4.78, 5) is 26.7. The van der Waals surface area contributed by atoms with Gasteiger partial charge >= 0.3 is 0 Å². The first kappa shape index (κ1) is 16.4. The lowest BCUT2D eigenvalue weighted by Crippen LogP contribution is -2.34. The van der Waals surface area contributed by atoms with Gasteiger partial charge < -0.3 is 10.6 Å². The zero-order valence-corrected chi connectivity index (χ0v) is 13.7. The van der Waals surface area contributed by atoms with Gasteiger partial charge in [-0.3, -0.25) is 9.59 Å².